The van der Waals surface area contributed by atoms with Crippen LogP contribution in [0.2, 0.25) is 0 Å². The van der Waals surface area contributed by atoms with Gasteiger partial charge in [0.25, 0.3) is 5.91 Å². The highest BCUT2D eigenvalue weighted by Gasteiger charge is 2.15. The molecule has 1 N–H and O–H groups in total. The lowest BCUT2D eigenvalue weighted by Gasteiger charge is -2.05. The van der Waals surface area contributed by atoms with Crippen LogP contribution in [0, 0.1) is 5.82 Å². The molecule has 0 fully saturated rings. The van der Waals surface area contributed by atoms with Crippen molar-refractivity contribution in [3.8, 4) is 0 Å². The zero-order valence-electron chi connectivity index (χ0n) is 11.9. The topological polar surface area (TPSA) is 55.4 Å². The van der Waals surface area contributed by atoms with Crippen LogP contribution >= 0.6 is 11.3 Å². The molecule has 116 valence electrons. The molecule has 6 heteroatoms. The van der Waals surface area contributed by atoms with Crippen molar-refractivity contribution >= 4 is 39.0 Å². The highest BCUT2D eigenvalue weighted by atomic mass is 32.1. The number of carbonyl (C=O) groups is 2. The van der Waals surface area contributed by atoms with Crippen LogP contribution in [0.5, 0.6) is 0 Å². The predicted octanol–water partition coefficient (Wildman–Crippen LogP) is 3.84. The summed E-state index contributed by atoms with van der Waals surface area (Å²) in [5.41, 5.74) is 0.623. The lowest BCUT2D eigenvalue weighted by atomic mass is 10.2. The molecule has 1 heterocycles. The zero-order chi connectivity index (χ0) is 16.2. The third kappa shape index (κ3) is 3.54. The molecule has 0 saturated heterocycles. The van der Waals surface area contributed by atoms with Crippen molar-refractivity contribution in [1.29, 1.82) is 0 Å². The number of para-hydroxylation sites is 1. The fourth-order valence-corrected chi connectivity index (χ4v) is 3.02. The van der Waals surface area contributed by atoms with Crippen molar-refractivity contribution < 1.29 is 18.7 Å². The smallest absolute Gasteiger partial charge is 0.348 e. The molecule has 1 amide bonds. The van der Waals surface area contributed by atoms with Crippen LogP contribution < -0.4 is 5.32 Å². The van der Waals surface area contributed by atoms with Gasteiger partial charge in [-0.25, -0.2) is 9.18 Å². The minimum Gasteiger partial charge on any atom is -0.451 e. The van der Waals surface area contributed by atoms with Crippen LogP contribution in [-0.4, -0.2) is 18.5 Å². The van der Waals surface area contributed by atoms with E-state index in [0.29, 0.717) is 15.8 Å². The standard InChI is InChI=1S/C17H12FNO3S/c18-13-7-4-8-14-12(13)9-15(23-14)17(21)22-10-16(20)19-11-5-2-1-3-6-11/h1-9H,10H2,(H,19,20). The maximum Gasteiger partial charge on any atom is 0.348 e. The molecule has 0 atom stereocenters. The summed E-state index contributed by atoms with van der Waals surface area (Å²) in [5, 5.41) is 2.99. The van der Waals surface area contributed by atoms with E-state index in [2.05, 4.69) is 5.32 Å². The molecule has 0 spiro atoms. The van der Waals surface area contributed by atoms with Crippen LogP contribution in [0.1, 0.15) is 9.67 Å². The molecule has 3 aromatic rings. The van der Waals surface area contributed by atoms with E-state index in [0.717, 1.165) is 11.3 Å². The van der Waals surface area contributed by atoms with Crippen LogP contribution in [0.4, 0.5) is 10.1 Å². The molecule has 23 heavy (non-hydrogen) atoms. The number of hydrogen-bond donors (Lipinski definition) is 1. The van der Waals surface area contributed by atoms with Gasteiger partial charge < -0.3 is 10.1 Å². The van der Waals surface area contributed by atoms with Gasteiger partial charge in [-0.15, -0.1) is 11.3 Å². The molecule has 0 aliphatic carbocycles. The van der Waals surface area contributed by atoms with Gasteiger partial charge in [-0.1, -0.05) is 24.3 Å². The number of halogens is 1. The fourth-order valence-electron chi connectivity index (χ4n) is 2.05. The summed E-state index contributed by atoms with van der Waals surface area (Å²) >= 11 is 1.13. The number of esters is 1. The molecule has 4 nitrogen and oxygen atoms in total. The van der Waals surface area contributed by atoms with Crippen molar-refractivity contribution in [2.75, 3.05) is 11.9 Å². The Labute approximate surface area is 135 Å². The van der Waals surface area contributed by atoms with Crippen LogP contribution in [0.25, 0.3) is 10.1 Å². The molecule has 0 bridgehead atoms. The number of fused-ring (bicyclic) bond motifs is 1. The normalized spacial score (nSPS) is 10.5. The minimum absolute atomic E-state index is 0.262. The van der Waals surface area contributed by atoms with E-state index in [1.165, 1.54) is 12.1 Å². The molecular weight excluding hydrogens is 317 g/mol. The lowest BCUT2D eigenvalue weighted by Crippen LogP contribution is -2.20. The maximum atomic E-state index is 13.6. The Morgan fingerprint density at radius 2 is 1.87 bits per heavy atom. The highest BCUT2D eigenvalue weighted by molar-refractivity contribution is 7.20. The summed E-state index contributed by atoms with van der Waals surface area (Å²) in [6, 6.07) is 14.9. The van der Waals surface area contributed by atoms with Crippen molar-refractivity contribution in [2.24, 2.45) is 0 Å². The summed E-state index contributed by atoms with van der Waals surface area (Å²) < 4.78 is 19.2. The maximum absolute atomic E-state index is 13.6. The van der Waals surface area contributed by atoms with Gasteiger partial charge in [-0.3, -0.25) is 4.79 Å². The second kappa shape index (κ2) is 6.58. The van der Waals surface area contributed by atoms with E-state index >= 15 is 0 Å². The van der Waals surface area contributed by atoms with Crippen molar-refractivity contribution in [3.05, 3.63) is 65.3 Å². The number of benzene rings is 2. The molecule has 0 unspecified atom stereocenters. The van der Waals surface area contributed by atoms with Gasteiger partial charge in [0.05, 0.1) is 0 Å². The van der Waals surface area contributed by atoms with Gasteiger partial charge in [-0.2, -0.15) is 0 Å². The number of ether oxygens (including phenoxy) is 1. The molecule has 0 aliphatic rings. The molecule has 0 aliphatic heterocycles. The van der Waals surface area contributed by atoms with Gasteiger partial charge in [-0.05, 0) is 30.3 Å². The Morgan fingerprint density at radius 1 is 1.09 bits per heavy atom. The number of carbonyl (C=O) groups excluding carboxylic acids is 2. The molecular formula is C17H12FNO3S. The Kier molecular flexibility index (Phi) is 4.34. The Hall–Kier alpha value is -2.73. The molecule has 1 aromatic heterocycles. The molecule has 3 rings (SSSR count). The van der Waals surface area contributed by atoms with Crippen molar-refractivity contribution in [1.82, 2.24) is 0 Å². The van der Waals surface area contributed by atoms with E-state index in [1.807, 2.05) is 6.07 Å². The van der Waals surface area contributed by atoms with E-state index in [1.54, 1.807) is 36.4 Å². The number of rotatable bonds is 4. The molecule has 0 saturated carbocycles. The molecule has 0 radical (unpaired) electrons. The van der Waals surface area contributed by atoms with Crippen molar-refractivity contribution in [3.63, 3.8) is 0 Å². The van der Waals surface area contributed by atoms with E-state index in [9.17, 15) is 14.0 Å². The lowest BCUT2D eigenvalue weighted by molar-refractivity contribution is -0.119. The van der Waals surface area contributed by atoms with E-state index < -0.39 is 18.5 Å². The first-order valence-electron chi connectivity index (χ1n) is 6.83. The van der Waals surface area contributed by atoms with Crippen LogP contribution in [0.3, 0.4) is 0 Å². The van der Waals surface area contributed by atoms with Gasteiger partial charge in [0.1, 0.15) is 10.7 Å². The third-order valence-corrected chi connectivity index (χ3v) is 4.18. The number of anilines is 1. The second-order valence-corrected chi connectivity index (χ2v) is 5.84. The first-order chi connectivity index (χ1) is 11.1. The van der Waals surface area contributed by atoms with Crippen molar-refractivity contribution in [2.45, 2.75) is 0 Å². The van der Waals surface area contributed by atoms with Gasteiger partial charge in [0.2, 0.25) is 0 Å². The monoisotopic (exact) mass is 329 g/mol. The minimum atomic E-state index is -0.645. The zero-order valence-corrected chi connectivity index (χ0v) is 12.7. The highest BCUT2D eigenvalue weighted by Crippen LogP contribution is 2.28. The fraction of sp³-hybridized carbons (Fsp3) is 0.0588. The third-order valence-electron chi connectivity index (χ3n) is 3.10. The van der Waals surface area contributed by atoms with Crippen LogP contribution in [-0.2, 0) is 9.53 Å². The first kappa shape index (κ1) is 15.2. The molecule has 2 aromatic carbocycles. The van der Waals surface area contributed by atoms with E-state index in [-0.39, 0.29) is 10.7 Å². The number of hydrogen-bond acceptors (Lipinski definition) is 4. The Bertz CT molecular complexity index is 861. The Morgan fingerprint density at radius 3 is 2.61 bits per heavy atom. The average Bonchev–Trinajstić information content (AvgIpc) is 2.99. The van der Waals surface area contributed by atoms with E-state index in [4.69, 9.17) is 4.74 Å². The average molecular weight is 329 g/mol. The summed E-state index contributed by atoms with van der Waals surface area (Å²) in [6.45, 7) is -0.398. The van der Waals surface area contributed by atoms with Gasteiger partial charge >= 0.3 is 5.97 Å². The quantitative estimate of drug-likeness (QED) is 0.740. The Balaban J connectivity index is 1.62. The predicted molar refractivity (Wildman–Crippen MR) is 87.1 cm³/mol. The SMILES string of the molecule is O=C(COC(=O)c1cc2c(F)cccc2s1)Nc1ccccc1. The summed E-state index contributed by atoms with van der Waals surface area (Å²) in [5.74, 6) is -1.47. The number of amides is 1. The van der Waals surface area contributed by atoms with Gasteiger partial charge in [0, 0.05) is 15.8 Å². The second-order valence-electron chi connectivity index (χ2n) is 4.75. The summed E-state index contributed by atoms with van der Waals surface area (Å²) in [7, 11) is 0. The summed E-state index contributed by atoms with van der Waals surface area (Å²) in [4.78, 5) is 24.0. The van der Waals surface area contributed by atoms with Crippen LogP contribution in [0.15, 0.2) is 54.6 Å². The number of nitrogens with one attached hydrogen (secondary N) is 1. The first-order valence-corrected chi connectivity index (χ1v) is 7.65. The van der Waals surface area contributed by atoms with Gasteiger partial charge in [0.15, 0.2) is 6.61 Å². The number of thiophene rings is 1. The largest absolute Gasteiger partial charge is 0.451 e. The summed E-state index contributed by atoms with van der Waals surface area (Å²) in [6.07, 6.45) is 0.